The Morgan fingerprint density at radius 3 is 1.39 bits per heavy atom. The zero-order valence-corrected chi connectivity index (χ0v) is 29.2. The third kappa shape index (κ3) is 9.81. The second-order valence-electron chi connectivity index (χ2n) is 12.9. The van der Waals surface area contributed by atoms with Gasteiger partial charge in [0.2, 0.25) is 0 Å². The van der Waals surface area contributed by atoms with Gasteiger partial charge in [0.1, 0.15) is 42.4 Å². The largest absolute Gasteiger partial charge is 0.497 e. The number of benzene rings is 4. The van der Waals surface area contributed by atoms with Crippen LogP contribution in [0.25, 0.3) is 0 Å². The smallest absolute Gasteiger partial charge is 0.187 e. The molecule has 272 valence electrons. The summed E-state index contributed by atoms with van der Waals surface area (Å²) in [5.74, 6) is 0.730. The van der Waals surface area contributed by atoms with Crippen molar-refractivity contribution in [1.82, 2.24) is 0 Å². The lowest BCUT2D eigenvalue weighted by Crippen LogP contribution is -2.64. The van der Waals surface area contributed by atoms with E-state index in [-0.39, 0.29) is 13.2 Å². The number of ether oxygens (including phenoxy) is 8. The third-order valence-corrected chi connectivity index (χ3v) is 9.24. The zero-order chi connectivity index (χ0) is 35.6. The Morgan fingerprint density at radius 2 is 0.902 bits per heavy atom. The molecule has 2 saturated heterocycles. The van der Waals surface area contributed by atoms with Crippen LogP contribution in [0.2, 0.25) is 0 Å². The summed E-state index contributed by atoms with van der Waals surface area (Å²) in [6.07, 6.45) is -8.98. The molecule has 0 spiro atoms. The molecule has 0 aliphatic carbocycles. The standard InChI is InChI=1S/C41H48O10/c1-27-36(46-24-30-15-9-5-10-16-30)38(48-25-31-17-11-6-12-18-31)39(40(43)49-27)51-41-34(42)37(47-26-32-19-21-33(44-3)22-20-32)35(28(2)50-41)45-23-29-13-7-4-8-14-29/h4-22,27-28,34-43H,23-26H2,1-3H3/t27-,28-,34+,35-,36-,37-,38+,39+,40+,41-/m0/s1. The van der Waals surface area contributed by atoms with Crippen LogP contribution in [0.3, 0.4) is 0 Å². The lowest BCUT2D eigenvalue weighted by Gasteiger charge is -2.48. The van der Waals surface area contributed by atoms with Crippen molar-refractivity contribution < 1.29 is 48.1 Å². The van der Waals surface area contributed by atoms with Gasteiger partial charge in [-0.1, -0.05) is 103 Å². The molecule has 2 heterocycles. The molecule has 51 heavy (non-hydrogen) atoms. The van der Waals surface area contributed by atoms with Gasteiger partial charge in [0, 0.05) is 0 Å². The van der Waals surface area contributed by atoms with Crippen LogP contribution in [0, 0.1) is 0 Å². The predicted octanol–water partition coefficient (Wildman–Crippen LogP) is 5.56. The van der Waals surface area contributed by atoms with Crippen LogP contribution in [0.5, 0.6) is 5.75 Å². The van der Waals surface area contributed by atoms with Gasteiger partial charge < -0.3 is 48.1 Å². The molecule has 0 amide bonds. The molecule has 2 fully saturated rings. The average Bonchev–Trinajstić information content (AvgIpc) is 3.16. The molecule has 4 aromatic carbocycles. The van der Waals surface area contributed by atoms with Crippen LogP contribution < -0.4 is 4.74 Å². The molecule has 6 rings (SSSR count). The lowest BCUT2D eigenvalue weighted by molar-refractivity contribution is -0.368. The molecule has 0 unspecified atom stereocenters. The van der Waals surface area contributed by atoms with Crippen molar-refractivity contribution in [2.45, 2.75) is 102 Å². The SMILES string of the molecule is COc1ccc(CO[C@H]2[C@@H](O)[C@H](O[C@@H]3[C@H](OCc4ccccc4)[C@@H](OCc4ccccc4)[C@H](C)O[C@H]3O)O[C@@H](C)[C@@H]2OCc2ccccc2)cc1. The van der Waals surface area contributed by atoms with Gasteiger partial charge in [-0.2, -0.15) is 0 Å². The van der Waals surface area contributed by atoms with Gasteiger partial charge in [-0.25, -0.2) is 0 Å². The van der Waals surface area contributed by atoms with Gasteiger partial charge >= 0.3 is 0 Å². The van der Waals surface area contributed by atoms with Crippen molar-refractivity contribution in [3.05, 3.63) is 138 Å². The van der Waals surface area contributed by atoms with E-state index < -0.39 is 61.4 Å². The van der Waals surface area contributed by atoms with Crippen molar-refractivity contribution >= 4 is 0 Å². The first-order valence-corrected chi connectivity index (χ1v) is 17.4. The molecule has 2 N–H and O–H groups in total. The number of hydrogen-bond acceptors (Lipinski definition) is 10. The van der Waals surface area contributed by atoms with Crippen molar-refractivity contribution in [3.63, 3.8) is 0 Å². The Bertz CT molecular complexity index is 1570. The first kappa shape index (κ1) is 37.1. The summed E-state index contributed by atoms with van der Waals surface area (Å²) in [6.45, 7) is 4.72. The van der Waals surface area contributed by atoms with Crippen molar-refractivity contribution in [2.24, 2.45) is 0 Å². The Labute approximate surface area is 299 Å². The Hall–Kier alpha value is -3.68. The minimum absolute atomic E-state index is 0.196. The molecular weight excluding hydrogens is 652 g/mol. The van der Waals surface area contributed by atoms with E-state index in [9.17, 15) is 10.2 Å². The van der Waals surface area contributed by atoms with Gasteiger partial charge in [-0.15, -0.1) is 0 Å². The number of hydrogen-bond donors (Lipinski definition) is 2. The highest BCUT2D eigenvalue weighted by Crippen LogP contribution is 2.34. The van der Waals surface area contributed by atoms with E-state index in [4.69, 9.17) is 37.9 Å². The topological polar surface area (TPSA) is 114 Å². The number of aliphatic hydroxyl groups excluding tert-OH is 2. The van der Waals surface area contributed by atoms with Gasteiger partial charge in [0.15, 0.2) is 12.6 Å². The maximum absolute atomic E-state index is 11.9. The molecule has 2 aliphatic heterocycles. The molecule has 0 radical (unpaired) electrons. The van der Waals surface area contributed by atoms with Gasteiger partial charge in [0.25, 0.3) is 0 Å². The average molecular weight is 701 g/mol. The fraction of sp³-hybridized carbons (Fsp3) is 0.415. The lowest BCUT2D eigenvalue weighted by atomic mass is 9.97. The number of aliphatic hydroxyl groups is 2. The molecule has 0 saturated carbocycles. The predicted molar refractivity (Wildman–Crippen MR) is 188 cm³/mol. The fourth-order valence-corrected chi connectivity index (χ4v) is 6.45. The molecular formula is C41H48O10. The van der Waals surface area contributed by atoms with Crippen LogP contribution in [0.4, 0.5) is 0 Å². The Balaban J connectivity index is 1.22. The van der Waals surface area contributed by atoms with Gasteiger partial charge in [-0.3, -0.25) is 0 Å². The maximum Gasteiger partial charge on any atom is 0.187 e. The van der Waals surface area contributed by atoms with Crippen LogP contribution >= 0.6 is 0 Å². The summed E-state index contributed by atoms with van der Waals surface area (Å²) in [4.78, 5) is 0. The molecule has 2 aliphatic rings. The fourth-order valence-electron chi connectivity index (χ4n) is 6.45. The summed E-state index contributed by atoms with van der Waals surface area (Å²) in [7, 11) is 1.62. The first-order valence-electron chi connectivity index (χ1n) is 17.4. The van der Waals surface area contributed by atoms with Gasteiger partial charge in [-0.05, 0) is 48.2 Å². The zero-order valence-electron chi connectivity index (χ0n) is 29.2. The van der Waals surface area contributed by atoms with Crippen molar-refractivity contribution in [3.8, 4) is 5.75 Å². The monoisotopic (exact) mass is 700 g/mol. The Morgan fingerprint density at radius 1 is 0.490 bits per heavy atom. The van der Waals surface area contributed by atoms with E-state index in [2.05, 4.69) is 0 Å². The molecule has 4 aromatic rings. The highest BCUT2D eigenvalue weighted by atomic mass is 16.7. The summed E-state index contributed by atoms with van der Waals surface area (Å²) in [5.41, 5.74) is 3.79. The summed E-state index contributed by atoms with van der Waals surface area (Å²) < 4.78 is 49.7. The minimum Gasteiger partial charge on any atom is -0.497 e. The number of rotatable bonds is 15. The van der Waals surface area contributed by atoms with Crippen LogP contribution in [0.15, 0.2) is 115 Å². The summed E-state index contributed by atoms with van der Waals surface area (Å²) >= 11 is 0. The second-order valence-corrected chi connectivity index (χ2v) is 12.9. The van der Waals surface area contributed by atoms with E-state index in [1.54, 1.807) is 7.11 Å². The quantitative estimate of drug-likeness (QED) is 0.163. The summed E-state index contributed by atoms with van der Waals surface area (Å²) in [6, 6.07) is 36.9. The van der Waals surface area contributed by atoms with E-state index in [0.29, 0.717) is 13.2 Å². The highest BCUT2D eigenvalue weighted by Gasteiger charge is 2.51. The number of methoxy groups -OCH3 is 1. The molecule has 10 heteroatoms. The molecule has 10 nitrogen and oxygen atoms in total. The van der Waals surface area contributed by atoms with Crippen molar-refractivity contribution in [1.29, 1.82) is 0 Å². The van der Waals surface area contributed by atoms with Crippen LogP contribution in [-0.4, -0.2) is 78.7 Å². The van der Waals surface area contributed by atoms with Crippen molar-refractivity contribution in [2.75, 3.05) is 7.11 Å². The van der Waals surface area contributed by atoms with Crippen LogP contribution in [-0.2, 0) is 59.6 Å². The van der Waals surface area contributed by atoms with E-state index in [0.717, 1.165) is 28.0 Å². The van der Waals surface area contributed by atoms with Crippen LogP contribution in [0.1, 0.15) is 36.1 Å². The normalized spacial score (nSPS) is 29.4. The molecule has 0 bridgehead atoms. The highest BCUT2D eigenvalue weighted by molar-refractivity contribution is 5.26. The first-order chi connectivity index (χ1) is 24.9. The molecule has 10 atom stereocenters. The summed E-state index contributed by atoms with van der Waals surface area (Å²) in [5, 5.41) is 23.2. The molecule has 0 aromatic heterocycles. The van der Waals surface area contributed by atoms with E-state index >= 15 is 0 Å². The Kier molecular flexibility index (Phi) is 13.2. The maximum atomic E-state index is 11.9. The van der Waals surface area contributed by atoms with Gasteiger partial charge in [0.05, 0.1) is 45.7 Å². The minimum atomic E-state index is -1.39. The third-order valence-electron chi connectivity index (χ3n) is 9.24. The van der Waals surface area contributed by atoms with E-state index in [1.807, 2.05) is 129 Å². The second kappa shape index (κ2) is 18.2. The van der Waals surface area contributed by atoms with E-state index in [1.165, 1.54) is 0 Å².